The maximum absolute atomic E-state index is 4.98. The van der Waals surface area contributed by atoms with Gasteiger partial charge in [-0.3, -0.25) is 0 Å². The van der Waals surface area contributed by atoms with Crippen LogP contribution < -0.4 is 4.90 Å². The highest BCUT2D eigenvalue weighted by Crippen LogP contribution is 2.08. The Hall–Kier alpha value is -0.870. The van der Waals surface area contributed by atoms with E-state index in [1.165, 1.54) is 5.69 Å². The van der Waals surface area contributed by atoms with E-state index in [-0.39, 0.29) is 0 Å². The van der Waals surface area contributed by atoms with Gasteiger partial charge in [-0.25, -0.2) is 0 Å². The number of pyridine rings is 1. The normalized spacial score (nSPS) is 10.6. The first-order chi connectivity index (χ1) is 6.59. The first kappa shape index (κ1) is 11.2. The van der Waals surface area contributed by atoms with Gasteiger partial charge < -0.3 is 14.8 Å². The molecule has 1 rings (SSSR count). The third-order valence-electron chi connectivity index (χ3n) is 2.09. The predicted molar refractivity (Wildman–Crippen MR) is 63.5 cm³/mol. The molecule has 0 unspecified atom stereocenters. The number of anilines is 1. The molecular formula is C10H17N3S. The van der Waals surface area contributed by atoms with Gasteiger partial charge in [-0.1, -0.05) is 12.2 Å². The van der Waals surface area contributed by atoms with Crippen molar-refractivity contribution in [3.05, 3.63) is 23.0 Å². The molecule has 1 aromatic heterocycles. The maximum Gasteiger partial charge on any atom is 0.103 e. The van der Waals surface area contributed by atoms with Gasteiger partial charge in [0.1, 0.15) is 4.64 Å². The number of aromatic nitrogens is 1. The molecule has 14 heavy (non-hydrogen) atoms. The molecule has 0 spiro atoms. The van der Waals surface area contributed by atoms with Crippen molar-refractivity contribution in [2.75, 3.05) is 39.1 Å². The molecule has 0 radical (unpaired) electrons. The Bertz CT molecular complexity index is 312. The predicted octanol–water partition coefficient (Wildman–Crippen LogP) is 1.74. The number of hydrogen-bond acceptors (Lipinski definition) is 3. The van der Waals surface area contributed by atoms with Gasteiger partial charge in [0, 0.05) is 26.3 Å². The van der Waals surface area contributed by atoms with Crippen LogP contribution in [-0.4, -0.2) is 44.1 Å². The van der Waals surface area contributed by atoms with E-state index in [0.717, 1.165) is 17.7 Å². The van der Waals surface area contributed by atoms with Gasteiger partial charge in [0.15, 0.2) is 0 Å². The Morgan fingerprint density at radius 1 is 1.21 bits per heavy atom. The van der Waals surface area contributed by atoms with E-state index in [1.54, 1.807) is 0 Å². The molecule has 0 fully saturated rings. The highest BCUT2D eigenvalue weighted by molar-refractivity contribution is 7.71. The van der Waals surface area contributed by atoms with Crippen LogP contribution in [0.5, 0.6) is 0 Å². The molecule has 0 atom stereocenters. The molecule has 0 bridgehead atoms. The van der Waals surface area contributed by atoms with Crippen molar-refractivity contribution in [2.45, 2.75) is 0 Å². The average Bonchev–Trinajstić information content (AvgIpc) is 2.15. The van der Waals surface area contributed by atoms with Crippen molar-refractivity contribution < 1.29 is 0 Å². The van der Waals surface area contributed by atoms with Crippen LogP contribution in [-0.2, 0) is 0 Å². The summed E-state index contributed by atoms with van der Waals surface area (Å²) in [6.07, 6.45) is 1.94. The molecule has 0 aliphatic carbocycles. The molecule has 0 aliphatic heterocycles. The minimum atomic E-state index is 0.773. The molecule has 1 N–H and O–H groups in total. The molecular weight excluding hydrogens is 194 g/mol. The molecule has 0 saturated carbocycles. The SMILES string of the molecule is CN(C)CCN(C)c1ccc(=S)[nH]c1. The lowest BCUT2D eigenvalue weighted by atomic mass is 10.4. The van der Waals surface area contributed by atoms with Crippen LogP contribution in [0.3, 0.4) is 0 Å². The van der Waals surface area contributed by atoms with Gasteiger partial charge in [0.25, 0.3) is 0 Å². The van der Waals surface area contributed by atoms with Gasteiger partial charge in [-0.05, 0) is 26.2 Å². The minimum absolute atomic E-state index is 0.773. The lowest BCUT2D eigenvalue weighted by molar-refractivity contribution is 0.416. The molecule has 3 nitrogen and oxygen atoms in total. The quantitative estimate of drug-likeness (QED) is 0.767. The highest BCUT2D eigenvalue weighted by Gasteiger charge is 1.99. The van der Waals surface area contributed by atoms with Gasteiger partial charge in [0.05, 0.1) is 5.69 Å². The zero-order valence-electron chi connectivity index (χ0n) is 8.95. The number of hydrogen-bond donors (Lipinski definition) is 1. The first-order valence-electron chi connectivity index (χ1n) is 4.64. The summed E-state index contributed by atoms with van der Waals surface area (Å²) < 4.78 is 0.773. The average molecular weight is 211 g/mol. The first-order valence-corrected chi connectivity index (χ1v) is 5.05. The molecule has 1 heterocycles. The summed E-state index contributed by atoms with van der Waals surface area (Å²) >= 11 is 4.98. The fraction of sp³-hybridized carbons (Fsp3) is 0.500. The molecule has 0 aliphatic rings. The van der Waals surface area contributed by atoms with Crippen molar-refractivity contribution >= 4 is 17.9 Å². The zero-order chi connectivity index (χ0) is 10.6. The van der Waals surface area contributed by atoms with E-state index in [1.807, 2.05) is 18.3 Å². The van der Waals surface area contributed by atoms with Crippen molar-refractivity contribution in [1.82, 2.24) is 9.88 Å². The van der Waals surface area contributed by atoms with E-state index in [9.17, 15) is 0 Å². The largest absolute Gasteiger partial charge is 0.372 e. The van der Waals surface area contributed by atoms with E-state index >= 15 is 0 Å². The summed E-state index contributed by atoms with van der Waals surface area (Å²) in [6, 6.07) is 3.95. The molecule has 0 amide bonds. The van der Waals surface area contributed by atoms with Gasteiger partial charge in [-0.15, -0.1) is 0 Å². The second-order valence-corrected chi connectivity index (χ2v) is 4.08. The number of nitrogens with one attached hydrogen (secondary N) is 1. The molecule has 0 saturated heterocycles. The zero-order valence-corrected chi connectivity index (χ0v) is 9.77. The van der Waals surface area contributed by atoms with Gasteiger partial charge in [0.2, 0.25) is 0 Å². The van der Waals surface area contributed by atoms with Crippen LogP contribution >= 0.6 is 12.2 Å². The summed E-state index contributed by atoms with van der Waals surface area (Å²) in [7, 11) is 6.23. The van der Waals surface area contributed by atoms with Crippen molar-refractivity contribution in [3.8, 4) is 0 Å². The second kappa shape index (κ2) is 5.12. The lowest BCUT2D eigenvalue weighted by Crippen LogP contribution is -2.28. The molecule has 4 heteroatoms. The van der Waals surface area contributed by atoms with Crippen LogP contribution in [0.2, 0.25) is 0 Å². The number of nitrogens with zero attached hydrogens (tertiary/aromatic N) is 2. The number of H-pyrrole nitrogens is 1. The molecule has 78 valence electrons. The Morgan fingerprint density at radius 2 is 1.93 bits per heavy atom. The summed E-state index contributed by atoms with van der Waals surface area (Å²) in [5, 5.41) is 0. The summed E-state index contributed by atoms with van der Waals surface area (Å²) in [5.74, 6) is 0. The third kappa shape index (κ3) is 3.47. The van der Waals surface area contributed by atoms with Crippen LogP contribution in [0, 0.1) is 4.64 Å². The van der Waals surface area contributed by atoms with E-state index in [4.69, 9.17) is 12.2 Å². The topological polar surface area (TPSA) is 22.3 Å². The maximum atomic E-state index is 4.98. The van der Waals surface area contributed by atoms with Crippen LogP contribution in [0.1, 0.15) is 0 Å². The summed E-state index contributed by atoms with van der Waals surface area (Å²) in [5.41, 5.74) is 1.17. The van der Waals surface area contributed by atoms with Crippen molar-refractivity contribution in [2.24, 2.45) is 0 Å². The Balaban J connectivity index is 2.56. The van der Waals surface area contributed by atoms with Gasteiger partial charge >= 0.3 is 0 Å². The summed E-state index contributed by atoms with van der Waals surface area (Å²) in [4.78, 5) is 7.40. The Morgan fingerprint density at radius 3 is 2.43 bits per heavy atom. The monoisotopic (exact) mass is 211 g/mol. The molecule has 0 aromatic carbocycles. The van der Waals surface area contributed by atoms with Crippen LogP contribution in [0.25, 0.3) is 0 Å². The number of aromatic amines is 1. The fourth-order valence-corrected chi connectivity index (χ4v) is 1.25. The number of likely N-dealkylation sites (N-methyl/N-ethyl adjacent to an activating group) is 2. The fourth-order valence-electron chi connectivity index (χ4n) is 1.12. The van der Waals surface area contributed by atoms with E-state index in [2.05, 4.69) is 35.9 Å². The standard InChI is InChI=1S/C10H17N3S/c1-12(2)6-7-13(3)9-4-5-10(14)11-8-9/h4-5,8H,6-7H2,1-3H3,(H,11,14). The van der Waals surface area contributed by atoms with Crippen molar-refractivity contribution in [3.63, 3.8) is 0 Å². The second-order valence-electron chi connectivity index (χ2n) is 3.64. The Kier molecular flexibility index (Phi) is 4.10. The van der Waals surface area contributed by atoms with E-state index in [0.29, 0.717) is 0 Å². The van der Waals surface area contributed by atoms with Crippen LogP contribution in [0.15, 0.2) is 18.3 Å². The Labute approximate surface area is 90.4 Å². The number of rotatable bonds is 4. The third-order valence-corrected chi connectivity index (χ3v) is 2.35. The molecule has 1 aromatic rings. The van der Waals surface area contributed by atoms with Gasteiger partial charge in [-0.2, -0.15) is 0 Å². The smallest absolute Gasteiger partial charge is 0.103 e. The summed E-state index contributed by atoms with van der Waals surface area (Å²) in [6.45, 7) is 2.06. The van der Waals surface area contributed by atoms with E-state index < -0.39 is 0 Å². The van der Waals surface area contributed by atoms with Crippen molar-refractivity contribution in [1.29, 1.82) is 0 Å². The van der Waals surface area contributed by atoms with Crippen LogP contribution in [0.4, 0.5) is 5.69 Å². The lowest BCUT2D eigenvalue weighted by Gasteiger charge is -2.21. The highest BCUT2D eigenvalue weighted by atomic mass is 32.1. The minimum Gasteiger partial charge on any atom is -0.372 e.